The second kappa shape index (κ2) is 8.77. The molecule has 0 aliphatic carbocycles. The van der Waals surface area contributed by atoms with E-state index in [4.69, 9.17) is 16.3 Å². The van der Waals surface area contributed by atoms with Gasteiger partial charge in [-0.15, -0.1) is 0 Å². The highest BCUT2D eigenvalue weighted by Gasteiger charge is 2.21. The molecule has 3 aromatic carbocycles. The van der Waals surface area contributed by atoms with Crippen LogP contribution in [0, 0.1) is 13.8 Å². The molecular formula is C22H21ClN2O4S. The van der Waals surface area contributed by atoms with E-state index >= 15 is 0 Å². The summed E-state index contributed by atoms with van der Waals surface area (Å²) in [5.74, 6) is -0.179. The zero-order chi connectivity index (χ0) is 21.9. The molecule has 0 heterocycles. The molecule has 3 aromatic rings. The van der Waals surface area contributed by atoms with Crippen molar-refractivity contribution >= 4 is 38.9 Å². The Bertz CT molecular complexity index is 1170. The monoisotopic (exact) mass is 444 g/mol. The van der Waals surface area contributed by atoms with Crippen LogP contribution in [0.25, 0.3) is 0 Å². The largest absolute Gasteiger partial charge is 0.495 e. The number of aryl methyl sites for hydroxylation is 2. The molecule has 0 aliphatic rings. The van der Waals surface area contributed by atoms with Crippen molar-refractivity contribution < 1.29 is 17.9 Å². The fourth-order valence-corrected chi connectivity index (χ4v) is 4.38. The molecule has 0 atom stereocenters. The van der Waals surface area contributed by atoms with Crippen LogP contribution in [-0.4, -0.2) is 21.4 Å². The summed E-state index contributed by atoms with van der Waals surface area (Å²) in [6.07, 6.45) is 0. The molecule has 156 valence electrons. The van der Waals surface area contributed by atoms with Crippen LogP contribution in [0.1, 0.15) is 21.5 Å². The van der Waals surface area contributed by atoms with Gasteiger partial charge in [-0.1, -0.05) is 28.8 Å². The normalized spacial score (nSPS) is 11.1. The lowest BCUT2D eigenvalue weighted by molar-refractivity contribution is 0.102. The summed E-state index contributed by atoms with van der Waals surface area (Å²) in [5, 5.41) is 3.24. The number of hydrogen-bond acceptors (Lipinski definition) is 4. The standard InChI is InChI=1S/C22H21ClN2O4S/c1-14-10-15(2)12-16(11-14)22(26)24-19-8-9-20(29-3)21(13-19)30(27,28)25-18-6-4-17(23)5-7-18/h4-13,25H,1-3H3,(H,24,26). The van der Waals surface area contributed by atoms with Gasteiger partial charge in [0.05, 0.1) is 7.11 Å². The lowest BCUT2D eigenvalue weighted by Crippen LogP contribution is -2.16. The molecule has 0 aliphatic heterocycles. The number of anilines is 2. The minimum atomic E-state index is -3.97. The van der Waals surface area contributed by atoms with E-state index in [1.807, 2.05) is 19.9 Å². The van der Waals surface area contributed by atoms with Crippen molar-refractivity contribution in [3.8, 4) is 5.75 Å². The third-order valence-electron chi connectivity index (χ3n) is 4.29. The molecule has 3 rings (SSSR count). The number of rotatable bonds is 6. The summed E-state index contributed by atoms with van der Waals surface area (Å²) in [6, 6.07) is 16.2. The summed E-state index contributed by atoms with van der Waals surface area (Å²) in [5.41, 5.74) is 3.10. The van der Waals surface area contributed by atoms with Crippen molar-refractivity contribution in [2.24, 2.45) is 0 Å². The van der Waals surface area contributed by atoms with Crippen LogP contribution in [0.15, 0.2) is 65.6 Å². The quantitative estimate of drug-likeness (QED) is 0.559. The van der Waals surface area contributed by atoms with Crippen LogP contribution in [0.5, 0.6) is 5.75 Å². The first-order chi connectivity index (χ1) is 14.2. The molecule has 2 N–H and O–H groups in total. The van der Waals surface area contributed by atoms with E-state index < -0.39 is 10.0 Å². The Morgan fingerprint density at radius 1 is 0.900 bits per heavy atom. The summed E-state index contributed by atoms with van der Waals surface area (Å²) < 4.78 is 33.5. The number of benzene rings is 3. The Morgan fingerprint density at radius 3 is 2.10 bits per heavy atom. The van der Waals surface area contributed by atoms with E-state index in [-0.39, 0.29) is 16.6 Å². The minimum absolute atomic E-state index is 0.0989. The lowest BCUT2D eigenvalue weighted by Gasteiger charge is -2.14. The number of nitrogens with one attached hydrogen (secondary N) is 2. The highest BCUT2D eigenvalue weighted by molar-refractivity contribution is 7.92. The van der Waals surface area contributed by atoms with Gasteiger partial charge in [-0.3, -0.25) is 9.52 Å². The first-order valence-electron chi connectivity index (χ1n) is 9.04. The minimum Gasteiger partial charge on any atom is -0.495 e. The first kappa shape index (κ1) is 21.7. The first-order valence-corrected chi connectivity index (χ1v) is 10.9. The lowest BCUT2D eigenvalue weighted by atomic mass is 10.1. The van der Waals surface area contributed by atoms with Gasteiger partial charge in [0.25, 0.3) is 15.9 Å². The van der Waals surface area contributed by atoms with Gasteiger partial charge in [0, 0.05) is 22.0 Å². The summed E-state index contributed by atoms with van der Waals surface area (Å²) in [6.45, 7) is 3.81. The van der Waals surface area contributed by atoms with Crippen LogP contribution in [0.3, 0.4) is 0 Å². The molecule has 0 saturated heterocycles. The van der Waals surface area contributed by atoms with Crippen molar-refractivity contribution in [1.82, 2.24) is 0 Å². The molecule has 30 heavy (non-hydrogen) atoms. The fourth-order valence-electron chi connectivity index (χ4n) is 3.00. The number of halogens is 1. The highest BCUT2D eigenvalue weighted by Crippen LogP contribution is 2.29. The van der Waals surface area contributed by atoms with Crippen LogP contribution in [-0.2, 0) is 10.0 Å². The molecule has 0 radical (unpaired) electrons. The van der Waals surface area contributed by atoms with Gasteiger partial charge in [-0.25, -0.2) is 8.42 Å². The highest BCUT2D eigenvalue weighted by atomic mass is 35.5. The van der Waals surface area contributed by atoms with Gasteiger partial charge in [0.1, 0.15) is 10.6 Å². The van der Waals surface area contributed by atoms with Crippen LogP contribution in [0.2, 0.25) is 5.02 Å². The molecule has 1 amide bonds. The van der Waals surface area contributed by atoms with Gasteiger partial charge in [0.15, 0.2) is 0 Å². The summed E-state index contributed by atoms with van der Waals surface area (Å²) in [7, 11) is -2.60. The number of hydrogen-bond donors (Lipinski definition) is 2. The summed E-state index contributed by atoms with van der Waals surface area (Å²) in [4.78, 5) is 12.5. The van der Waals surface area contributed by atoms with Gasteiger partial charge < -0.3 is 10.1 Å². The second-order valence-corrected chi connectivity index (χ2v) is 8.90. The smallest absolute Gasteiger partial charge is 0.265 e. The molecule has 0 spiro atoms. The van der Waals surface area contributed by atoms with E-state index in [1.54, 1.807) is 42.5 Å². The number of amides is 1. The summed E-state index contributed by atoms with van der Waals surface area (Å²) >= 11 is 5.85. The molecule has 6 nitrogen and oxygen atoms in total. The van der Waals surface area contributed by atoms with Crippen LogP contribution >= 0.6 is 11.6 Å². The van der Waals surface area contributed by atoms with E-state index in [0.717, 1.165) is 11.1 Å². The Morgan fingerprint density at radius 2 is 1.50 bits per heavy atom. The molecule has 0 fully saturated rings. The molecule has 0 saturated carbocycles. The Balaban J connectivity index is 1.91. The Hall–Kier alpha value is -3.03. The van der Waals surface area contributed by atoms with Crippen molar-refractivity contribution in [3.05, 3.63) is 82.4 Å². The maximum Gasteiger partial charge on any atom is 0.265 e. The molecule has 0 unspecified atom stereocenters. The van der Waals surface area contributed by atoms with E-state index in [1.165, 1.54) is 19.2 Å². The average Bonchev–Trinajstić information content (AvgIpc) is 2.69. The molecule has 0 aromatic heterocycles. The Labute approximate surface area is 180 Å². The zero-order valence-corrected chi connectivity index (χ0v) is 18.3. The molecular weight excluding hydrogens is 424 g/mol. The Kier molecular flexibility index (Phi) is 6.34. The average molecular weight is 445 g/mol. The fraction of sp³-hybridized carbons (Fsp3) is 0.136. The zero-order valence-electron chi connectivity index (χ0n) is 16.7. The van der Waals surface area contributed by atoms with Crippen molar-refractivity contribution in [2.45, 2.75) is 18.7 Å². The maximum atomic E-state index is 12.9. The van der Waals surface area contributed by atoms with Gasteiger partial charge in [-0.2, -0.15) is 0 Å². The second-order valence-electron chi connectivity index (χ2n) is 6.81. The predicted molar refractivity (Wildman–Crippen MR) is 119 cm³/mol. The van der Waals surface area contributed by atoms with Crippen LogP contribution in [0.4, 0.5) is 11.4 Å². The predicted octanol–water partition coefficient (Wildman–Crippen LogP) is 5.02. The number of carbonyl (C=O) groups is 1. The maximum absolute atomic E-state index is 12.9. The molecule has 8 heteroatoms. The van der Waals surface area contributed by atoms with Gasteiger partial charge >= 0.3 is 0 Å². The number of methoxy groups -OCH3 is 1. The van der Waals surface area contributed by atoms with Gasteiger partial charge in [0.2, 0.25) is 0 Å². The third-order valence-corrected chi connectivity index (χ3v) is 5.95. The van der Waals surface area contributed by atoms with Gasteiger partial charge in [-0.05, 0) is 68.4 Å². The third kappa shape index (κ3) is 5.11. The van der Waals surface area contributed by atoms with Crippen molar-refractivity contribution in [1.29, 1.82) is 0 Å². The van der Waals surface area contributed by atoms with E-state index in [9.17, 15) is 13.2 Å². The SMILES string of the molecule is COc1ccc(NC(=O)c2cc(C)cc(C)c2)cc1S(=O)(=O)Nc1ccc(Cl)cc1. The van der Waals surface area contributed by atoms with E-state index in [2.05, 4.69) is 10.0 Å². The number of carbonyl (C=O) groups excluding carboxylic acids is 1. The van der Waals surface area contributed by atoms with Crippen molar-refractivity contribution in [2.75, 3.05) is 17.1 Å². The topological polar surface area (TPSA) is 84.5 Å². The number of sulfonamides is 1. The van der Waals surface area contributed by atoms with Crippen LogP contribution < -0.4 is 14.8 Å². The van der Waals surface area contributed by atoms with Crippen molar-refractivity contribution in [3.63, 3.8) is 0 Å². The van der Waals surface area contributed by atoms with E-state index in [0.29, 0.717) is 22.0 Å². The molecule has 0 bridgehead atoms. The number of ether oxygens (including phenoxy) is 1.